The maximum Gasteiger partial charge on any atom is 0.181 e. The molecule has 0 saturated carbocycles. The zero-order valence-corrected chi connectivity index (χ0v) is 7.84. The highest BCUT2D eigenvalue weighted by Gasteiger charge is 2.30. The van der Waals surface area contributed by atoms with E-state index in [2.05, 4.69) is 5.10 Å². The van der Waals surface area contributed by atoms with E-state index in [0.29, 0.717) is 11.3 Å². The van der Waals surface area contributed by atoms with Crippen LogP contribution in [0.15, 0.2) is 6.20 Å². The summed E-state index contributed by atoms with van der Waals surface area (Å²) >= 11 is 0. The Morgan fingerprint density at radius 3 is 2.85 bits per heavy atom. The highest BCUT2D eigenvalue weighted by Crippen LogP contribution is 2.19. The Bertz CT molecular complexity index is 472. The van der Waals surface area contributed by atoms with Crippen LogP contribution in [0.3, 0.4) is 0 Å². The van der Waals surface area contributed by atoms with Gasteiger partial charge in [0.05, 0.1) is 23.2 Å². The summed E-state index contributed by atoms with van der Waals surface area (Å²) in [4.78, 5) is 11.3. The number of fused-ring (bicyclic) bond motifs is 1. The lowest BCUT2D eigenvalue weighted by molar-refractivity contribution is 0.101. The highest BCUT2D eigenvalue weighted by molar-refractivity contribution is 7.91. The van der Waals surface area contributed by atoms with Crippen molar-refractivity contribution in [3.05, 3.63) is 17.5 Å². The molecule has 2 heterocycles. The molecule has 70 valence electrons. The van der Waals surface area contributed by atoms with Crippen molar-refractivity contribution in [2.24, 2.45) is 7.05 Å². The van der Waals surface area contributed by atoms with Gasteiger partial charge in [0.1, 0.15) is 5.75 Å². The minimum Gasteiger partial charge on any atom is -0.293 e. The van der Waals surface area contributed by atoms with E-state index in [4.69, 9.17) is 0 Å². The second-order valence-electron chi connectivity index (χ2n) is 3.08. The van der Waals surface area contributed by atoms with Crippen LogP contribution >= 0.6 is 0 Å². The molecule has 13 heavy (non-hydrogen) atoms. The fourth-order valence-corrected chi connectivity index (χ4v) is 2.82. The molecule has 0 aliphatic carbocycles. The van der Waals surface area contributed by atoms with Crippen LogP contribution < -0.4 is 0 Å². The number of aryl methyl sites for hydroxylation is 1. The minimum atomic E-state index is -3.25. The fraction of sp³-hybridized carbons (Fsp3) is 0.429. The zero-order valence-electron chi connectivity index (χ0n) is 7.02. The van der Waals surface area contributed by atoms with Gasteiger partial charge in [-0.1, -0.05) is 0 Å². The van der Waals surface area contributed by atoms with Crippen LogP contribution in [0.4, 0.5) is 0 Å². The molecular weight excluding hydrogens is 192 g/mol. The summed E-state index contributed by atoms with van der Waals surface area (Å²) in [6.45, 7) is 0. The quantitative estimate of drug-likeness (QED) is 0.567. The van der Waals surface area contributed by atoms with E-state index in [1.165, 1.54) is 10.9 Å². The maximum atomic E-state index is 11.3. The lowest BCUT2D eigenvalue weighted by atomic mass is 10.2. The first-order chi connectivity index (χ1) is 5.99. The summed E-state index contributed by atoms with van der Waals surface area (Å²) in [5, 5.41) is 3.85. The van der Waals surface area contributed by atoms with E-state index in [1.54, 1.807) is 7.05 Å². The topological polar surface area (TPSA) is 69.0 Å². The van der Waals surface area contributed by atoms with Gasteiger partial charge in [-0.3, -0.25) is 9.48 Å². The Balaban J connectivity index is 2.64. The molecule has 0 fully saturated rings. The fourth-order valence-electron chi connectivity index (χ4n) is 1.40. The van der Waals surface area contributed by atoms with E-state index in [9.17, 15) is 13.2 Å². The molecule has 0 aromatic carbocycles. The summed E-state index contributed by atoms with van der Waals surface area (Å²) in [7, 11) is -1.62. The van der Waals surface area contributed by atoms with Gasteiger partial charge in [-0.15, -0.1) is 0 Å². The first-order valence-electron chi connectivity index (χ1n) is 3.74. The SMILES string of the molecule is Cn1ncc2c1CS(=O)(=O)CC2=O. The van der Waals surface area contributed by atoms with Crippen LogP contribution in [0, 0.1) is 0 Å². The second-order valence-corrected chi connectivity index (χ2v) is 5.15. The van der Waals surface area contributed by atoms with E-state index in [-0.39, 0.29) is 17.3 Å². The number of aromatic nitrogens is 2. The lowest BCUT2D eigenvalue weighted by Gasteiger charge is -2.11. The molecule has 0 N–H and O–H groups in total. The number of carbonyl (C=O) groups excluding carboxylic acids is 1. The highest BCUT2D eigenvalue weighted by atomic mass is 32.2. The number of sulfone groups is 1. The van der Waals surface area contributed by atoms with Gasteiger partial charge in [0.25, 0.3) is 0 Å². The molecule has 0 amide bonds. The third-order valence-electron chi connectivity index (χ3n) is 2.07. The normalized spacial score (nSPS) is 19.9. The number of rotatable bonds is 0. The van der Waals surface area contributed by atoms with Gasteiger partial charge in [-0.25, -0.2) is 8.42 Å². The van der Waals surface area contributed by atoms with Crippen LogP contribution in [0.25, 0.3) is 0 Å². The third-order valence-corrected chi connectivity index (χ3v) is 3.48. The van der Waals surface area contributed by atoms with Crippen molar-refractivity contribution < 1.29 is 13.2 Å². The number of carbonyl (C=O) groups is 1. The van der Waals surface area contributed by atoms with Gasteiger partial charge in [0.15, 0.2) is 15.6 Å². The summed E-state index contributed by atoms with van der Waals surface area (Å²) in [6, 6.07) is 0. The third kappa shape index (κ3) is 1.27. The van der Waals surface area contributed by atoms with E-state index in [0.717, 1.165) is 0 Å². The van der Waals surface area contributed by atoms with Gasteiger partial charge in [0, 0.05) is 7.05 Å². The van der Waals surface area contributed by atoms with Crippen molar-refractivity contribution in [1.29, 1.82) is 0 Å². The van der Waals surface area contributed by atoms with Crippen LogP contribution in [-0.4, -0.2) is 29.7 Å². The molecule has 1 aliphatic heterocycles. The van der Waals surface area contributed by atoms with Gasteiger partial charge in [-0.05, 0) is 0 Å². The first-order valence-corrected chi connectivity index (χ1v) is 5.56. The minimum absolute atomic E-state index is 0.0788. The van der Waals surface area contributed by atoms with Crippen molar-refractivity contribution in [2.45, 2.75) is 5.75 Å². The van der Waals surface area contributed by atoms with Crippen molar-refractivity contribution >= 4 is 15.6 Å². The van der Waals surface area contributed by atoms with Crippen LogP contribution in [0.1, 0.15) is 16.1 Å². The Labute approximate surface area is 75.3 Å². The Morgan fingerprint density at radius 2 is 2.15 bits per heavy atom. The van der Waals surface area contributed by atoms with Crippen molar-refractivity contribution in [3.8, 4) is 0 Å². The predicted molar refractivity (Wildman–Crippen MR) is 45.0 cm³/mol. The average Bonchev–Trinajstić information content (AvgIpc) is 2.30. The van der Waals surface area contributed by atoms with E-state index >= 15 is 0 Å². The molecule has 1 aromatic heterocycles. The molecule has 0 unspecified atom stereocenters. The smallest absolute Gasteiger partial charge is 0.181 e. The van der Waals surface area contributed by atoms with Crippen LogP contribution in [-0.2, 0) is 22.6 Å². The van der Waals surface area contributed by atoms with Crippen molar-refractivity contribution in [2.75, 3.05) is 5.75 Å². The number of Topliss-reactive ketones (excluding diaryl/α,β-unsaturated/α-hetero) is 1. The Hall–Kier alpha value is -1.17. The molecular formula is C7H8N2O3S. The van der Waals surface area contributed by atoms with E-state index in [1.807, 2.05) is 0 Å². The summed E-state index contributed by atoms with van der Waals surface area (Å²) in [5.41, 5.74) is 0.938. The van der Waals surface area contributed by atoms with E-state index < -0.39 is 9.84 Å². The van der Waals surface area contributed by atoms with Crippen LogP contribution in [0.2, 0.25) is 0 Å². The predicted octanol–water partition coefficient (Wildman–Crippen LogP) is -0.469. The molecule has 5 nitrogen and oxygen atoms in total. The molecule has 1 aliphatic rings. The largest absolute Gasteiger partial charge is 0.293 e. The lowest BCUT2D eigenvalue weighted by Crippen LogP contribution is -2.25. The Morgan fingerprint density at radius 1 is 1.46 bits per heavy atom. The second kappa shape index (κ2) is 2.41. The first kappa shape index (κ1) is 8.43. The number of ketones is 1. The van der Waals surface area contributed by atoms with Gasteiger partial charge >= 0.3 is 0 Å². The maximum absolute atomic E-state index is 11.3. The van der Waals surface area contributed by atoms with Gasteiger partial charge < -0.3 is 0 Å². The summed E-state index contributed by atoms with van der Waals surface area (Å²) < 4.78 is 23.9. The monoisotopic (exact) mass is 200 g/mol. The zero-order chi connectivity index (χ0) is 9.64. The number of nitrogens with zero attached hydrogens (tertiary/aromatic N) is 2. The molecule has 0 spiro atoms. The van der Waals surface area contributed by atoms with Crippen molar-refractivity contribution in [3.63, 3.8) is 0 Å². The molecule has 2 rings (SSSR count). The summed E-state index contributed by atoms with van der Waals surface area (Å²) in [5.74, 6) is -0.814. The van der Waals surface area contributed by atoms with Crippen LogP contribution in [0.5, 0.6) is 0 Å². The number of hydrogen-bond acceptors (Lipinski definition) is 4. The number of hydrogen-bond donors (Lipinski definition) is 0. The molecule has 0 saturated heterocycles. The standard InChI is InChI=1S/C7H8N2O3S/c1-9-6-3-13(11,12)4-7(10)5(6)2-8-9/h2H,3-4H2,1H3. The summed E-state index contributed by atoms with van der Waals surface area (Å²) in [6.07, 6.45) is 1.42. The Kier molecular flexibility index (Phi) is 1.56. The molecule has 0 bridgehead atoms. The molecule has 0 radical (unpaired) electrons. The molecule has 1 aromatic rings. The van der Waals surface area contributed by atoms with Gasteiger partial charge in [-0.2, -0.15) is 5.10 Å². The molecule has 6 heteroatoms. The molecule has 0 atom stereocenters. The average molecular weight is 200 g/mol. The van der Waals surface area contributed by atoms with Crippen molar-refractivity contribution in [1.82, 2.24) is 9.78 Å². The van der Waals surface area contributed by atoms with Gasteiger partial charge in [0.2, 0.25) is 0 Å².